The molecule has 0 bridgehead atoms. The normalized spacial score (nSPS) is 12.9. The predicted octanol–water partition coefficient (Wildman–Crippen LogP) is 11.9. The second kappa shape index (κ2) is 12.2. The first-order valence-electron chi connectivity index (χ1n) is 17.2. The summed E-state index contributed by atoms with van der Waals surface area (Å²) in [5.41, 5.74) is 5.89. The lowest BCUT2D eigenvalue weighted by Crippen LogP contribution is -2.30. The molecule has 1 aliphatic rings. The summed E-state index contributed by atoms with van der Waals surface area (Å²) in [4.78, 5) is 31.1. The third kappa shape index (κ3) is 5.07. The van der Waals surface area contributed by atoms with Gasteiger partial charge in [-0.3, -0.25) is 9.59 Å². The third-order valence-electron chi connectivity index (χ3n) is 10.1. The summed E-state index contributed by atoms with van der Waals surface area (Å²) < 4.78 is 45.8. The molecule has 9 rings (SSSR count). The fourth-order valence-electron chi connectivity index (χ4n) is 7.76. The number of halogens is 3. The number of para-hydroxylation sites is 2. The Labute approximate surface area is 303 Å². The summed E-state index contributed by atoms with van der Waals surface area (Å²) in [6, 6.07) is 47.4. The number of aryl methyl sites for hydroxylation is 1. The number of anilines is 1. The topological polar surface area (TPSA) is 42.3 Å². The van der Waals surface area contributed by atoms with Crippen LogP contribution in [0.1, 0.15) is 31.8 Å². The Hall–Kier alpha value is -6.73. The van der Waals surface area contributed by atoms with Gasteiger partial charge in [-0.05, 0) is 65.1 Å². The number of amides is 2. The van der Waals surface area contributed by atoms with Crippen LogP contribution in [-0.4, -0.2) is 16.4 Å². The number of hydrogen-bond donors (Lipinski definition) is 0. The molecule has 0 spiro atoms. The fourth-order valence-corrected chi connectivity index (χ4v) is 7.76. The zero-order valence-corrected chi connectivity index (χ0v) is 28.4. The van der Waals surface area contributed by atoms with E-state index < -0.39 is 23.6 Å². The molecule has 256 valence electrons. The monoisotopic (exact) mass is 698 g/mol. The average Bonchev–Trinajstić information content (AvgIpc) is 3.66. The van der Waals surface area contributed by atoms with Crippen molar-refractivity contribution in [1.82, 2.24) is 4.57 Å². The number of nitrogens with zero attached hydrogens (tertiary/aromatic N) is 2. The molecule has 0 fully saturated rings. The van der Waals surface area contributed by atoms with Gasteiger partial charge in [-0.15, -0.1) is 0 Å². The van der Waals surface area contributed by atoms with E-state index in [1.165, 1.54) is 15.5 Å². The smallest absolute Gasteiger partial charge is 0.308 e. The van der Waals surface area contributed by atoms with E-state index in [4.69, 9.17) is 0 Å². The fraction of sp³-hybridized carbons (Fsp3) is 0.0435. The number of fused-ring (bicyclic) bond motifs is 4. The Bertz CT molecular complexity index is 2690. The number of rotatable bonds is 5. The minimum atomic E-state index is -4.68. The largest absolute Gasteiger partial charge is 0.418 e. The number of carbonyl (C=O) groups excluding carboxylic acids is 2. The Morgan fingerprint density at radius 2 is 1.02 bits per heavy atom. The zero-order chi connectivity index (χ0) is 36.4. The van der Waals surface area contributed by atoms with Gasteiger partial charge in [0.2, 0.25) is 0 Å². The molecule has 4 nitrogen and oxygen atoms in total. The molecule has 2 amide bonds. The van der Waals surface area contributed by atoms with Crippen molar-refractivity contribution in [3.8, 4) is 39.1 Å². The maximum absolute atomic E-state index is 15.2. The summed E-state index contributed by atoms with van der Waals surface area (Å²) in [7, 11) is 0. The van der Waals surface area contributed by atoms with Crippen LogP contribution in [0, 0.1) is 6.92 Å². The number of aromatic nitrogens is 1. The molecule has 0 N–H and O–H groups in total. The average molecular weight is 699 g/mol. The van der Waals surface area contributed by atoms with E-state index in [2.05, 4.69) is 0 Å². The second-order valence-corrected chi connectivity index (χ2v) is 13.2. The van der Waals surface area contributed by atoms with Gasteiger partial charge in [-0.2, -0.15) is 13.2 Å². The van der Waals surface area contributed by atoms with Crippen LogP contribution in [0.25, 0.3) is 60.9 Å². The molecule has 0 atom stereocenters. The Balaban J connectivity index is 1.35. The van der Waals surface area contributed by atoms with Crippen molar-refractivity contribution >= 4 is 39.3 Å². The molecule has 7 heteroatoms. The first-order valence-corrected chi connectivity index (χ1v) is 17.2. The summed E-state index contributed by atoms with van der Waals surface area (Å²) in [5, 5.41) is 1.02. The lowest BCUT2D eigenvalue weighted by Gasteiger charge is -2.24. The first kappa shape index (κ1) is 32.2. The van der Waals surface area contributed by atoms with Crippen LogP contribution in [0.15, 0.2) is 158 Å². The van der Waals surface area contributed by atoms with Gasteiger partial charge in [0, 0.05) is 21.9 Å². The summed E-state index contributed by atoms with van der Waals surface area (Å²) in [6.45, 7) is 1.83. The highest BCUT2D eigenvalue weighted by atomic mass is 19.4. The molecule has 1 aromatic heterocycles. The Morgan fingerprint density at radius 1 is 0.491 bits per heavy atom. The minimum Gasteiger partial charge on any atom is -0.308 e. The van der Waals surface area contributed by atoms with Crippen molar-refractivity contribution in [1.29, 1.82) is 0 Å². The van der Waals surface area contributed by atoms with Crippen molar-refractivity contribution in [2.24, 2.45) is 0 Å². The number of alkyl halides is 3. The SMILES string of the molecule is Cc1cccc2c3cccc(C(F)(F)F)c3n(-c3cccc4c3C(=O)N(c3c(-c5ccccc5)cc(-c5ccccc5)cc3-c3ccccc3)C4=O)c12. The second-order valence-electron chi connectivity index (χ2n) is 13.2. The zero-order valence-electron chi connectivity index (χ0n) is 28.4. The molecule has 0 radical (unpaired) electrons. The van der Waals surface area contributed by atoms with Crippen LogP contribution in [0.4, 0.5) is 18.9 Å². The van der Waals surface area contributed by atoms with Gasteiger partial charge >= 0.3 is 6.18 Å². The van der Waals surface area contributed by atoms with Crippen LogP contribution in [0.3, 0.4) is 0 Å². The number of benzene rings is 7. The van der Waals surface area contributed by atoms with Crippen LogP contribution in [0.5, 0.6) is 0 Å². The van der Waals surface area contributed by atoms with Gasteiger partial charge in [-0.25, -0.2) is 4.90 Å². The third-order valence-corrected chi connectivity index (χ3v) is 10.1. The molecular weight excluding hydrogens is 670 g/mol. The maximum atomic E-state index is 15.2. The Morgan fingerprint density at radius 3 is 1.60 bits per heavy atom. The van der Waals surface area contributed by atoms with Crippen LogP contribution >= 0.6 is 0 Å². The molecule has 53 heavy (non-hydrogen) atoms. The van der Waals surface area contributed by atoms with E-state index in [1.54, 1.807) is 30.3 Å². The van der Waals surface area contributed by atoms with Crippen LogP contribution in [-0.2, 0) is 6.18 Å². The van der Waals surface area contributed by atoms with E-state index >= 15 is 4.79 Å². The van der Waals surface area contributed by atoms with Crippen molar-refractivity contribution in [3.63, 3.8) is 0 Å². The molecule has 0 saturated heterocycles. The standard InChI is InChI=1S/C46H29F3N2O2/c1-28-14-11-21-33-34-22-12-24-38(46(47,48)49)43(34)50(41(28)33)39-25-13-23-35-40(39)45(53)51(44(35)52)42-36(30-17-7-3-8-18-30)26-32(29-15-5-2-6-16-29)27-37(42)31-19-9-4-10-20-31/h2-27H,1H3. The van der Waals surface area contributed by atoms with Gasteiger partial charge in [0.05, 0.1) is 39.1 Å². The van der Waals surface area contributed by atoms with Crippen molar-refractivity contribution in [2.75, 3.05) is 4.90 Å². The quantitative estimate of drug-likeness (QED) is 0.168. The van der Waals surface area contributed by atoms with E-state index in [0.717, 1.165) is 33.9 Å². The van der Waals surface area contributed by atoms with Gasteiger partial charge in [-0.1, -0.05) is 127 Å². The summed E-state index contributed by atoms with van der Waals surface area (Å²) in [6.07, 6.45) is -4.68. The number of carbonyl (C=O) groups is 2. The van der Waals surface area contributed by atoms with Crippen molar-refractivity contribution < 1.29 is 22.8 Å². The molecule has 2 heterocycles. The number of imide groups is 1. The van der Waals surface area contributed by atoms with E-state index in [0.29, 0.717) is 33.1 Å². The molecule has 7 aromatic carbocycles. The first-order chi connectivity index (χ1) is 25.7. The molecule has 0 saturated carbocycles. The van der Waals surface area contributed by atoms with Crippen LogP contribution in [0.2, 0.25) is 0 Å². The molecule has 1 aliphatic heterocycles. The predicted molar refractivity (Wildman–Crippen MR) is 204 cm³/mol. The molecule has 8 aromatic rings. The number of hydrogen-bond acceptors (Lipinski definition) is 2. The highest BCUT2D eigenvalue weighted by molar-refractivity contribution is 6.37. The Kier molecular flexibility index (Phi) is 7.41. The minimum absolute atomic E-state index is 0.0432. The van der Waals surface area contributed by atoms with E-state index in [-0.39, 0.29) is 22.3 Å². The van der Waals surface area contributed by atoms with Crippen molar-refractivity contribution in [2.45, 2.75) is 13.1 Å². The van der Waals surface area contributed by atoms with E-state index in [1.807, 2.05) is 122 Å². The highest BCUT2D eigenvalue weighted by Gasteiger charge is 2.42. The molecule has 0 unspecified atom stereocenters. The molecule has 0 aliphatic carbocycles. The summed E-state index contributed by atoms with van der Waals surface area (Å²) >= 11 is 0. The van der Waals surface area contributed by atoms with Crippen molar-refractivity contribution in [3.05, 3.63) is 180 Å². The van der Waals surface area contributed by atoms with Crippen LogP contribution < -0.4 is 4.90 Å². The molecular formula is C46H29F3N2O2. The van der Waals surface area contributed by atoms with E-state index in [9.17, 15) is 18.0 Å². The van der Waals surface area contributed by atoms with Gasteiger partial charge in [0.1, 0.15) is 0 Å². The lowest BCUT2D eigenvalue weighted by atomic mass is 9.90. The maximum Gasteiger partial charge on any atom is 0.418 e. The van der Waals surface area contributed by atoms with Gasteiger partial charge in [0.15, 0.2) is 0 Å². The lowest BCUT2D eigenvalue weighted by molar-refractivity contribution is -0.136. The van der Waals surface area contributed by atoms with Gasteiger partial charge < -0.3 is 4.57 Å². The van der Waals surface area contributed by atoms with Gasteiger partial charge in [0.25, 0.3) is 11.8 Å². The summed E-state index contributed by atoms with van der Waals surface area (Å²) in [5.74, 6) is -1.17. The highest BCUT2D eigenvalue weighted by Crippen LogP contribution is 2.48.